The minimum atomic E-state index is -0.378. The maximum Gasteiger partial charge on any atom is 0.410 e. The summed E-state index contributed by atoms with van der Waals surface area (Å²) in [4.78, 5) is 12.9. The van der Waals surface area contributed by atoms with E-state index in [2.05, 4.69) is 0 Å². The van der Waals surface area contributed by atoms with Crippen molar-refractivity contribution in [3.8, 4) is 0 Å². The minimum absolute atomic E-state index is 0.120. The Morgan fingerprint density at radius 2 is 2.46 bits per heavy atom. The zero-order valence-electron chi connectivity index (χ0n) is 7.90. The van der Waals surface area contributed by atoms with Gasteiger partial charge >= 0.3 is 6.09 Å². The molecule has 0 aromatic heterocycles. The van der Waals surface area contributed by atoms with Crippen LogP contribution < -0.4 is 0 Å². The number of rotatable bonds is 2. The molecule has 4 nitrogen and oxygen atoms in total. The van der Waals surface area contributed by atoms with E-state index in [1.54, 1.807) is 0 Å². The summed E-state index contributed by atoms with van der Waals surface area (Å²) in [6.07, 6.45) is 1.84. The molecule has 0 aliphatic carbocycles. The van der Waals surface area contributed by atoms with E-state index in [1.165, 1.54) is 16.7 Å². The van der Waals surface area contributed by atoms with Crippen LogP contribution in [0, 0.1) is 0 Å². The van der Waals surface area contributed by atoms with Gasteiger partial charge in [-0.05, 0) is 19.6 Å². The van der Waals surface area contributed by atoms with E-state index >= 15 is 0 Å². The number of hydrogen-bond donors (Lipinski definition) is 1. The Bertz CT molecular complexity index is 188. The van der Waals surface area contributed by atoms with E-state index in [1.807, 2.05) is 13.2 Å². The second-order valence-corrected chi connectivity index (χ2v) is 4.21. The number of likely N-dealkylation sites (tertiary alicyclic amines) is 1. The van der Waals surface area contributed by atoms with Crippen LogP contribution in [-0.4, -0.2) is 47.0 Å². The average Bonchev–Trinajstić information content (AvgIpc) is 2.51. The summed E-state index contributed by atoms with van der Waals surface area (Å²) in [6, 6.07) is 0. The molecule has 1 heterocycles. The van der Waals surface area contributed by atoms with E-state index < -0.39 is 0 Å². The Morgan fingerprint density at radius 3 is 2.92 bits per heavy atom. The Balaban J connectivity index is 2.31. The quantitative estimate of drug-likeness (QED) is 0.680. The first kappa shape index (κ1) is 10.7. The summed E-state index contributed by atoms with van der Waals surface area (Å²) in [7, 11) is 0. The Morgan fingerprint density at radius 1 is 1.77 bits per heavy atom. The fourth-order valence-electron chi connectivity index (χ4n) is 1.17. The third-order valence-electron chi connectivity index (χ3n) is 2.02. The van der Waals surface area contributed by atoms with E-state index in [-0.39, 0.29) is 17.6 Å². The smallest absolute Gasteiger partial charge is 0.410 e. The second kappa shape index (κ2) is 4.72. The Kier molecular flexibility index (Phi) is 3.87. The molecule has 1 saturated heterocycles. The van der Waals surface area contributed by atoms with Gasteiger partial charge in [0.2, 0.25) is 0 Å². The molecule has 1 N–H and O–H groups in total. The highest BCUT2D eigenvalue weighted by Gasteiger charge is 2.26. The van der Waals surface area contributed by atoms with Gasteiger partial charge in [-0.2, -0.15) is 0 Å². The van der Waals surface area contributed by atoms with E-state index in [0.717, 1.165) is 0 Å². The summed E-state index contributed by atoms with van der Waals surface area (Å²) in [5.41, 5.74) is -0.120. The number of amides is 1. The van der Waals surface area contributed by atoms with Crippen LogP contribution in [0.4, 0.5) is 4.79 Å². The lowest BCUT2D eigenvalue weighted by Gasteiger charge is -2.18. The van der Waals surface area contributed by atoms with Gasteiger partial charge in [0.05, 0.1) is 6.10 Å². The fourth-order valence-corrected chi connectivity index (χ4v) is 1.35. The van der Waals surface area contributed by atoms with Gasteiger partial charge < -0.3 is 14.7 Å². The Labute approximate surface area is 82.2 Å². The van der Waals surface area contributed by atoms with Gasteiger partial charge in [0, 0.05) is 13.1 Å². The predicted octanol–water partition coefficient (Wildman–Crippen LogP) is 0.899. The van der Waals surface area contributed by atoms with E-state index in [9.17, 15) is 9.90 Å². The molecular weight excluding hydrogens is 190 g/mol. The molecule has 1 amide bonds. The van der Waals surface area contributed by atoms with Crippen LogP contribution in [0.5, 0.6) is 0 Å². The summed E-state index contributed by atoms with van der Waals surface area (Å²) >= 11 is 1.48. The van der Waals surface area contributed by atoms with Crippen LogP contribution in [-0.2, 0) is 4.74 Å². The van der Waals surface area contributed by atoms with Crippen LogP contribution >= 0.6 is 11.8 Å². The second-order valence-electron chi connectivity index (χ2n) is 3.08. The number of ether oxygens (including phenoxy) is 1. The van der Waals surface area contributed by atoms with E-state index in [4.69, 9.17) is 4.74 Å². The molecule has 1 rings (SSSR count). The van der Waals surface area contributed by atoms with Crippen LogP contribution in [0.15, 0.2) is 0 Å². The maximum absolute atomic E-state index is 11.3. The molecule has 0 saturated carbocycles. The van der Waals surface area contributed by atoms with Crippen molar-refractivity contribution >= 4 is 17.9 Å². The molecule has 1 aliphatic heterocycles. The normalized spacial score (nSPS) is 24.5. The first-order chi connectivity index (χ1) is 6.13. The van der Waals surface area contributed by atoms with Crippen molar-refractivity contribution in [1.29, 1.82) is 0 Å². The largest absolute Gasteiger partial charge is 0.435 e. The number of thioether (sulfide) groups is 1. The Hall–Kier alpha value is -0.420. The first-order valence-electron chi connectivity index (χ1n) is 4.30. The maximum atomic E-state index is 11.3. The topological polar surface area (TPSA) is 49.8 Å². The third kappa shape index (κ3) is 3.08. The molecule has 1 fully saturated rings. The zero-order valence-corrected chi connectivity index (χ0v) is 8.71. The van der Waals surface area contributed by atoms with Crippen LogP contribution in [0.3, 0.4) is 0 Å². The summed E-state index contributed by atoms with van der Waals surface area (Å²) < 4.78 is 5.07. The lowest BCUT2D eigenvalue weighted by atomic mass is 10.3. The standard InChI is InChI=1S/C8H15NO3S/c1-6(13-2)12-8(11)9-4-3-7(10)5-9/h6-7,10H,3-5H2,1-2H3. The first-order valence-corrected chi connectivity index (χ1v) is 5.58. The zero-order chi connectivity index (χ0) is 9.84. The highest BCUT2D eigenvalue weighted by molar-refractivity contribution is 7.99. The monoisotopic (exact) mass is 205 g/mol. The molecule has 0 aromatic carbocycles. The predicted molar refractivity (Wildman–Crippen MR) is 51.7 cm³/mol. The number of carbonyl (C=O) groups is 1. The number of β-amino-alcohol motifs (C(OH)–C–C–N with tert-alkyl or cyclic N) is 1. The molecule has 2 unspecified atom stereocenters. The molecular formula is C8H15NO3S. The van der Waals surface area contributed by atoms with Crippen molar-refractivity contribution in [2.75, 3.05) is 19.3 Å². The summed E-state index contributed by atoms with van der Waals surface area (Å²) in [5.74, 6) is 0. The van der Waals surface area contributed by atoms with Crippen LogP contribution in [0.2, 0.25) is 0 Å². The molecule has 13 heavy (non-hydrogen) atoms. The van der Waals surface area contributed by atoms with Crippen molar-refractivity contribution in [3.63, 3.8) is 0 Å². The average molecular weight is 205 g/mol. The molecule has 2 atom stereocenters. The van der Waals surface area contributed by atoms with Gasteiger partial charge in [-0.1, -0.05) is 0 Å². The van der Waals surface area contributed by atoms with Crippen LogP contribution in [0.25, 0.3) is 0 Å². The molecule has 0 spiro atoms. The van der Waals surface area contributed by atoms with Gasteiger partial charge in [-0.25, -0.2) is 4.79 Å². The fraction of sp³-hybridized carbons (Fsp3) is 0.875. The number of nitrogens with zero attached hydrogens (tertiary/aromatic N) is 1. The molecule has 0 radical (unpaired) electrons. The lowest BCUT2D eigenvalue weighted by Crippen LogP contribution is -2.31. The number of hydrogen-bond acceptors (Lipinski definition) is 4. The van der Waals surface area contributed by atoms with Crippen molar-refractivity contribution in [2.45, 2.75) is 24.9 Å². The van der Waals surface area contributed by atoms with Gasteiger partial charge in [0.15, 0.2) is 0 Å². The summed E-state index contributed by atoms with van der Waals surface area (Å²) in [5, 5.41) is 9.19. The molecule has 0 bridgehead atoms. The minimum Gasteiger partial charge on any atom is -0.435 e. The van der Waals surface area contributed by atoms with Gasteiger partial charge in [-0.15, -0.1) is 11.8 Å². The van der Waals surface area contributed by atoms with Gasteiger partial charge in [0.1, 0.15) is 5.44 Å². The number of aliphatic hydroxyl groups excluding tert-OH is 1. The van der Waals surface area contributed by atoms with Crippen LogP contribution in [0.1, 0.15) is 13.3 Å². The molecule has 5 heteroatoms. The van der Waals surface area contributed by atoms with Gasteiger partial charge in [0.25, 0.3) is 0 Å². The highest BCUT2D eigenvalue weighted by atomic mass is 32.2. The number of carbonyl (C=O) groups excluding carboxylic acids is 1. The van der Waals surface area contributed by atoms with Crippen molar-refractivity contribution in [1.82, 2.24) is 4.90 Å². The SMILES string of the molecule is CSC(C)OC(=O)N1CCC(O)C1. The molecule has 0 aromatic rings. The number of aliphatic hydroxyl groups is 1. The lowest BCUT2D eigenvalue weighted by molar-refractivity contribution is 0.0987. The molecule has 76 valence electrons. The van der Waals surface area contributed by atoms with E-state index in [0.29, 0.717) is 19.5 Å². The van der Waals surface area contributed by atoms with Gasteiger partial charge in [-0.3, -0.25) is 0 Å². The van der Waals surface area contributed by atoms with Crippen molar-refractivity contribution in [2.24, 2.45) is 0 Å². The van der Waals surface area contributed by atoms with Crippen molar-refractivity contribution < 1.29 is 14.6 Å². The summed E-state index contributed by atoms with van der Waals surface area (Å²) in [6.45, 7) is 2.83. The molecule has 1 aliphatic rings. The third-order valence-corrected chi connectivity index (χ3v) is 2.78. The van der Waals surface area contributed by atoms with Crippen molar-refractivity contribution in [3.05, 3.63) is 0 Å². The highest BCUT2D eigenvalue weighted by Crippen LogP contribution is 2.13.